The minimum atomic E-state index is -4.96. The van der Waals surface area contributed by atoms with Gasteiger partial charge in [-0.1, -0.05) is 364 Å². The summed E-state index contributed by atoms with van der Waals surface area (Å²) in [7, 11) is -9.92. The lowest BCUT2D eigenvalue weighted by molar-refractivity contribution is -0.161. The molecule has 7 atom stereocenters. The maximum absolute atomic E-state index is 13.1. The molecule has 0 aliphatic carbocycles. The molecule has 594 valence electrons. The summed E-state index contributed by atoms with van der Waals surface area (Å²) in [4.78, 5) is 73.0. The van der Waals surface area contributed by atoms with Crippen molar-refractivity contribution in [3.05, 3.63) is 0 Å². The normalized spacial score (nSPS) is 14.6. The number of rotatable bonds is 78. The second-order valence-corrected chi connectivity index (χ2v) is 33.5. The SMILES string of the molecule is CCC(C)CCCCCCCCCCCCCCCCC(=O)O[C@H](COC(=O)CCCCCCCCCCCCCCCCCCC(C)C)COP(=O)(O)OC[C@@H](O)COP(=O)(O)OC[C@@H](COC(=O)CCCCCCCCC(C)CC)OC(=O)CCCCCCCCCCCCC(C)C. The molecular weight excluding hydrogens is 1310 g/mol. The van der Waals surface area contributed by atoms with Crippen LogP contribution in [-0.2, 0) is 65.4 Å². The van der Waals surface area contributed by atoms with Gasteiger partial charge in [0.15, 0.2) is 12.2 Å². The number of carbonyl (C=O) groups excluding carboxylic acids is 4. The van der Waals surface area contributed by atoms with Crippen LogP contribution >= 0.6 is 15.6 Å². The first kappa shape index (κ1) is 98.1. The van der Waals surface area contributed by atoms with Gasteiger partial charge in [-0.25, -0.2) is 9.13 Å². The van der Waals surface area contributed by atoms with Crippen LogP contribution in [-0.4, -0.2) is 96.7 Å². The zero-order valence-corrected chi connectivity index (χ0v) is 67.6. The lowest BCUT2D eigenvalue weighted by atomic mass is 9.99. The quantitative estimate of drug-likeness (QED) is 0.0222. The number of unbranched alkanes of at least 4 members (excludes halogenated alkanes) is 42. The predicted molar refractivity (Wildman–Crippen MR) is 409 cm³/mol. The van der Waals surface area contributed by atoms with Crippen molar-refractivity contribution in [2.24, 2.45) is 23.7 Å². The van der Waals surface area contributed by atoms with Gasteiger partial charge in [-0.2, -0.15) is 0 Å². The number of ether oxygens (including phenoxy) is 4. The van der Waals surface area contributed by atoms with Crippen molar-refractivity contribution in [3.63, 3.8) is 0 Å². The third kappa shape index (κ3) is 71.7. The number of phosphoric ester groups is 2. The third-order valence-electron chi connectivity index (χ3n) is 19.5. The van der Waals surface area contributed by atoms with E-state index in [9.17, 15) is 43.2 Å². The molecule has 0 bridgehead atoms. The summed E-state index contributed by atoms with van der Waals surface area (Å²) in [5.41, 5.74) is 0. The minimum Gasteiger partial charge on any atom is -0.462 e. The molecule has 0 aliphatic heterocycles. The number of hydrogen-bond acceptors (Lipinski definition) is 15. The highest BCUT2D eigenvalue weighted by molar-refractivity contribution is 7.47. The Balaban J connectivity index is 5.24. The van der Waals surface area contributed by atoms with E-state index in [0.717, 1.165) is 120 Å². The number of aliphatic hydroxyl groups is 1. The molecule has 17 nitrogen and oxygen atoms in total. The highest BCUT2D eigenvalue weighted by Gasteiger charge is 2.30. The van der Waals surface area contributed by atoms with E-state index in [1.54, 1.807) is 0 Å². The molecule has 0 aromatic carbocycles. The van der Waals surface area contributed by atoms with E-state index in [-0.39, 0.29) is 25.7 Å². The van der Waals surface area contributed by atoms with E-state index in [1.165, 1.54) is 212 Å². The summed E-state index contributed by atoms with van der Waals surface area (Å²) in [6.07, 6.45) is 56.9. The van der Waals surface area contributed by atoms with E-state index < -0.39 is 97.5 Å². The van der Waals surface area contributed by atoms with Gasteiger partial charge in [0.25, 0.3) is 0 Å². The molecular formula is C81H158O17P2. The molecule has 19 heteroatoms. The summed E-state index contributed by atoms with van der Waals surface area (Å²) in [6.45, 7) is 14.3. The summed E-state index contributed by atoms with van der Waals surface area (Å²) in [5, 5.41) is 10.6. The number of aliphatic hydroxyl groups excluding tert-OH is 1. The zero-order valence-electron chi connectivity index (χ0n) is 65.8. The highest BCUT2D eigenvalue weighted by atomic mass is 31.2. The lowest BCUT2D eigenvalue weighted by Crippen LogP contribution is -2.30. The minimum absolute atomic E-state index is 0.105. The van der Waals surface area contributed by atoms with E-state index in [0.29, 0.717) is 25.7 Å². The molecule has 3 N–H and O–H groups in total. The van der Waals surface area contributed by atoms with E-state index >= 15 is 0 Å². The van der Waals surface area contributed by atoms with Crippen LogP contribution < -0.4 is 0 Å². The van der Waals surface area contributed by atoms with Gasteiger partial charge >= 0.3 is 39.5 Å². The van der Waals surface area contributed by atoms with Crippen molar-refractivity contribution < 1.29 is 80.2 Å². The van der Waals surface area contributed by atoms with Gasteiger partial charge in [0, 0.05) is 25.7 Å². The summed E-state index contributed by atoms with van der Waals surface area (Å²) in [6, 6.07) is 0. The van der Waals surface area contributed by atoms with Crippen LogP contribution in [0.5, 0.6) is 0 Å². The van der Waals surface area contributed by atoms with Crippen LogP contribution in [0.4, 0.5) is 0 Å². The molecule has 0 aromatic rings. The Labute approximate surface area is 613 Å². The second kappa shape index (κ2) is 70.1. The van der Waals surface area contributed by atoms with Crippen LogP contribution in [0.2, 0.25) is 0 Å². The van der Waals surface area contributed by atoms with Crippen molar-refractivity contribution in [2.45, 2.75) is 433 Å². The number of phosphoric acid groups is 2. The Morgan fingerprint density at radius 2 is 0.480 bits per heavy atom. The van der Waals surface area contributed by atoms with Crippen LogP contribution in [0.25, 0.3) is 0 Å². The maximum Gasteiger partial charge on any atom is 0.472 e. The van der Waals surface area contributed by atoms with E-state index in [2.05, 4.69) is 55.4 Å². The molecule has 0 saturated carbocycles. The highest BCUT2D eigenvalue weighted by Crippen LogP contribution is 2.45. The molecule has 0 rings (SSSR count). The van der Waals surface area contributed by atoms with Crippen molar-refractivity contribution >= 4 is 39.5 Å². The molecule has 100 heavy (non-hydrogen) atoms. The second-order valence-electron chi connectivity index (χ2n) is 30.6. The fraction of sp³-hybridized carbons (Fsp3) is 0.951. The smallest absolute Gasteiger partial charge is 0.462 e. The summed E-state index contributed by atoms with van der Waals surface area (Å²) < 4.78 is 68.7. The maximum atomic E-state index is 13.1. The molecule has 0 saturated heterocycles. The van der Waals surface area contributed by atoms with Gasteiger partial charge in [0.05, 0.1) is 26.4 Å². The van der Waals surface area contributed by atoms with Gasteiger partial charge in [0.1, 0.15) is 19.3 Å². The standard InChI is InChI=1S/C81H158O17P2/c1-9-73(7)59-51-43-35-29-22-18-15-16-20-24-31-37-47-55-63-80(85)97-76(67-91-78(83)61-53-45-36-30-23-19-14-12-11-13-17-21-27-33-41-49-57-71(3)4)69-95-99(87,88)93-65-75(82)66-94-100(89,90)96-70-77(68-92-79(84)62-54-46-40-39-44-52-60-74(8)10-2)98-81(86)64-56-48-38-32-26-25-28-34-42-50-58-72(5)6/h71-77,82H,9-70H2,1-8H3,(H,87,88)(H,89,90)/t73?,74?,75-,76-,77-/m1/s1. The Hall–Kier alpha value is -1.94. The fourth-order valence-electron chi connectivity index (χ4n) is 12.4. The molecule has 0 aliphatic rings. The third-order valence-corrected chi connectivity index (χ3v) is 21.4. The average Bonchev–Trinajstić information content (AvgIpc) is 0.933. The fourth-order valence-corrected chi connectivity index (χ4v) is 13.9. The molecule has 0 radical (unpaired) electrons. The van der Waals surface area contributed by atoms with Gasteiger partial charge in [-0.15, -0.1) is 0 Å². The van der Waals surface area contributed by atoms with Crippen LogP contribution in [0, 0.1) is 23.7 Å². The molecule has 0 aromatic heterocycles. The summed E-state index contributed by atoms with van der Waals surface area (Å²) >= 11 is 0. The first-order valence-corrected chi connectivity index (χ1v) is 44.8. The Morgan fingerprint density at radius 3 is 0.710 bits per heavy atom. The Bertz CT molecular complexity index is 1960. The first-order chi connectivity index (χ1) is 48.2. The van der Waals surface area contributed by atoms with Crippen LogP contribution in [0.1, 0.15) is 415 Å². The molecule has 0 fully saturated rings. The lowest BCUT2D eigenvalue weighted by Gasteiger charge is -2.21. The topological polar surface area (TPSA) is 237 Å². The van der Waals surface area contributed by atoms with E-state index in [4.69, 9.17) is 37.0 Å². The molecule has 0 amide bonds. The van der Waals surface area contributed by atoms with Crippen molar-refractivity contribution in [3.8, 4) is 0 Å². The largest absolute Gasteiger partial charge is 0.472 e. The van der Waals surface area contributed by atoms with Gasteiger partial charge in [-0.3, -0.25) is 37.3 Å². The summed E-state index contributed by atoms with van der Waals surface area (Å²) in [5.74, 6) is 1.03. The van der Waals surface area contributed by atoms with Crippen molar-refractivity contribution in [2.75, 3.05) is 39.6 Å². The molecule has 0 spiro atoms. The Morgan fingerprint density at radius 1 is 0.280 bits per heavy atom. The van der Waals surface area contributed by atoms with Crippen LogP contribution in [0.3, 0.4) is 0 Å². The monoisotopic (exact) mass is 1470 g/mol. The van der Waals surface area contributed by atoms with Crippen molar-refractivity contribution in [1.82, 2.24) is 0 Å². The average molecular weight is 1470 g/mol. The number of esters is 4. The van der Waals surface area contributed by atoms with Gasteiger partial charge in [0.2, 0.25) is 0 Å². The van der Waals surface area contributed by atoms with E-state index in [1.807, 2.05) is 0 Å². The Kier molecular flexibility index (Phi) is 68.7. The van der Waals surface area contributed by atoms with Gasteiger partial charge < -0.3 is 33.8 Å². The number of hydrogen-bond donors (Lipinski definition) is 3. The van der Waals surface area contributed by atoms with Crippen LogP contribution in [0.15, 0.2) is 0 Å². The van der Waals surface area contributed by atoms with Crippen molar-refractivity contribution in [1.29, 1.82) is 0 Å². The molecule has 0 heterocycles. The first-order valence-electron chi connectivity index (χ1n) is 41.8. The number of carbonyl (C=O) groups is 4. The van der Waals surface area contributed by atoms with Gasteiger partial charge in [-0.05, 0) is 49.4 Å². The predicted octanol–water partition coefficient (Wildman–Crippen LogP) is 24.0. The zero-order chi connectivity index (χ0) is 73.8. The molecule has 4 unspecified atom stereocenters.